The first-order chi connectivity index (χ1) is 7.59. The van der Waals surface area contributed by atoms with Crippen LogP contribution in [0.25, 0.3) is 0 Å². The number of likely N-dealkylation sites (N-methyl/N-ethyl adjacent to an activating group) is 1. The summed E-state index contributed by atoms with van der Waals surface area (Å²) in [5, 5.41) is 3.27. The first-order valence-corrected chi connectivity index (χ1v) is 6.29. The third kappa shape index (κ3) is 1.84. The van der Waals surface area contributed by atoms with Crippen LogP contribution in [0, 0.1) is 0 Å². The SMILES string of the molecule is CCC1NCN(CC2(N(C)C)CCC2)C1=O. The Kier molecular flexibility index (Phi) is 3.22. The molecule has 0 radical (unpaired) electrons. The van der Waals surface area contributed by atoms with Crippen LogP contribution in [-0.4, -0.2) is 54.6 Å². The third-order valence-electron chi connectivity index (χ3n) is 4.26. The molecule has 1 aliphatic carbocycles. The van der Waals surface area contributed by atoms with Crippen molar-refractivity contribution < 1.29 is 4.79 Å². The molecule has 1 N–H and O–H groups in total. The first kappa shape index (κ1) is 11.9. The van der Waals surface area contributed by atoms with E-state index in [0.29, 0.717) is 0 Å². The monoisotopic (exact) mass is 225 g/mol. The molecule has 1 saturated heterocycles. The molecule has 0 aromatic rings. The van der Waals surface area contributed by atoms with E-state index in [2.05, 4.69) is 31.2 Å². The van der Waals surface area contributed by atoms with Crippen molar-refractivity contribution in [3.05, 3.63) is 0 Å². The molecule has 4 heteroatoms. The van der Waals surface area contributed by atoms with Gasteiger partial charge in [-0.3, -0.25) is 10.1 Å². The van der Waals surface area contributed by atoms with Gasteiger partial charge in [-0.25, -0.2) is 0 Å². The van der Waals surface area contributed by atoms with Crippen molar-refractivity contribution in [3.8, 4) is 0 Å². The molecule has 2 aliphatic rings. The normalized spacial score (nSPS) is 28.6. The van der Waals surface area contributed by atoms with Crippen LogP contribution in [0.3, 0.4) is 0 Å². The Morgan fingerprint density at radius 1 is 1.50 bits per heavy atom. The minimum Gasteiger partial charge on any atom is -0.327 e. The smallest absolute Gasteiger partial charge is 0.240 e. The lowest BCUT2D eigenvalue weighted by Crippen LogP contribution is -2.57. The Morgan fingerprint density at radius 3 is 2.56 bits per heavy atom. The van der Waals surface area contributed by atoms with Crippen LogP contribution < -0.4 is 5.32 Å². The van der Waals surface area contributed by atoms with Crippen molar-refractivity contribution in [1.29, 1.82) is 0 Å². The standard InChI is InChI=1S/C12H23N3O/c1-4-10-11(16)15(9-13-10)8-12(14(2)3)6-5-7-12/h10,13H,4-9H2,1-3H3. The number of amides is 1. The number of carbonyl (C=O) groups is 1. The van der Waals surface area contributed by atoms with E-state index in [1.54, 1.807) is 0 Å². The zero-order valence-corrected chi connectivity index (χ0v) is 10.6. The predicted octanol–water partition coefficient (Wildman–Crippen LogP) is 0.639. The number of hydrogen-bond donors (Lipinski definition) is 1. The topological polar surface area (TPSA) is 35.6 Å². The highest BCUT2D eigenvalue weighted by molar-refractivity contribution is 5.83. The Bertz CT molecular complexity index is 273. The lowest BCUT2D eigenvalue weighted by molar-refractivity contribution is -0.131. The van der Waals surface area contributed by atoms with Crippen LogP contribution in [0.15, 0.2) is 0 Å². The van der Waals surface area contributed by atoms with Gasteiger partial charge < -0.3 is 9.80 Å². The molecule has 0 aromatic carbocycles. The average Bonchev–Trinajstić information content (AvgIpc) is 2.52. The van der Waals surface area contributed by atoms with E-state index in [0.717, 1.165) is 19.6 Å². The molecule has 4 nitrogen and oxygen atoms in total. The van der Waals surface area contributed by atoms with Crippen molar-refractivity contribution >= 4 is 5.91 Å². The van der Waals surface area contributed by atoms with Gasteiger partial charge in [0.15, 0.2) is 0 Å². The van der Waals surface area contributed by atoms with Gasteiger partial charge in [0.25, 0.3) is 0 Å². The number of nitrogens with one attached hydrogen (secondary N) is 1. The van der Waals surface area contributed by atoms with E-state index in [4.69, 9.17) is 0 Å². The number of hydrogen-bond acceptors (Lipinski definition) is 3. The third-order valence-corrected chi connectivity index (χ3v) is 4.26. The van der Waals surface area contributed by atoms with Crippen molar-refractivity contribution in [2.45, 2.75) is 44.2 Å². The molecule has 0 bridgehead atoms. The zero-order chi connectivity index (χ0) is 11.8. The van der Waals surface area contributed by atoms with E-state index in [1.165, 1.54) is 19.3 Å². The van der Waals surface area contributed by atoms with Crippen LogP contribution >= 0.6 is 0 Å². The summed E-state index contributed by atoms with van der Waals surface area (Å²) in [6.45, 7) is 3.68. The predicted molar refractivity (Wildman–Crippen MR) is 64.1 cm³/mol. The molecular weight excluding hydrogens is 202 g/mol. The highest BCUT2D eigenvalue weighted by atomic mass is 16.2. The van der Waals surface area contributed by atoms with Gasteiger partial charge >= 0.3 is 0 Å². The fourth-order valence-electron chi connectivity index (χ4n) is 2.75. The summed E-state index contributed by atoms with van der Waals surface area (Å²) in [6, 6.07) is 0.0549. The maximum absolute atomic E-state index is 12.0. The summed E-state index contributed by atoms with van der Waals surface area (Å²) in [7, 11) is 4.26. The van der Waals surface area contributed by atoms with E-state index >= 15 is 0 Å². The second-order valence-electron chi connectivity index (χ2n) is 5.33. The van der Waals surface area contributed by atoms with Crippen molar-refractivity contribution in [2.75, 3.05) is 27.3 Å². The summed E-state index contributed by atoms with van der Waals surface area (Å²) in [6.07, 6.45) is 4.64. The summed E-state index contributed by atoms with van der Waals surface area (Å²) in [5.41, 5.74) is 0.250. The lowest BCUT2D eigenvalue weighted by atomic mass is 9.75. The Labute approximate surface area is 98.0 Å². The van der Waals surface area contributed by atoms with Crippen LogP contribution in [0.4, 0.5) is 0 Å². The second-order valence-corrected chi connectivity index (χ2v) is 5.33. The van der Waals surface area contributed by atoms with Gasteiger partial charge in [-0.15, -0.1) is 0 Å². The molecule has 0 spiro atoms. The molecular formula is C12H23N3O. The molecule has 1 saturated carbocycles. The molecule has 1 heterocycles. The fraction of sp³-hybridized carbons (Fsp3) is 0.917. The zero-order valence-electron chi connectivity index (χ0n) is 10.6. The van der Waals surface area contributed by atoms with Gasteiger partial charge in [-0.2, -0.15) is 0 Å². The second kappa shape index (κ2) is 4.34. The molecule has 1 atom stereocenters. The summed E-state index contributed by atoms with van der Waals surface area (Å²) in [5.74, 6) is 0.288. The van der Waals surface area contributed by atoms with Crippen LogP contribution in [0.1, 0.15) is 32.6 Å². The summed E-state index contributed by atoms with van der Waals surface area (Å²) >= 11 is 0. The Morgan fingerprint density at radius 2 is 2.19 bits per heavy atom. The van der Waals surface area contributed by atoms with Crippen molar-refractivity contribution in [1.82, 2.24) is 15.1 Å². The highest BCUT2D eigenvalue weighted by Gasteiger charge is 2.43. The maximum atomic E-state index is 12.0. The number of carbonyl (C=O) groups excluding carboxylic acids is 1. The van der Waals surface area contributed by atoms with Gasteiger partial charge in [0.05, 0.1) is 12.7 Å². The molecule has 92 valence electrons. The van der Waals surface area contributed by atoms with Crippen molar-refractivity contribution in [3.63, 3.8) is 0 Å². The molecule has 1 unspecified atom stereocenters. The average molecular weight is 225 g/mol. The van der Waals surface area contributed by atoms with Gasteiger partial charge in [0, 0.05) is 12.1 Å². The summed E-state index contributed by atoms with van der Waals surface area (Å²) < 4.78 is 0. The Balaban J connectivity index is 1.97. The maximum Gasteiger partial charge on any atom is 0.240 e. The van der Waals surface area contributed by atoms with E-state index in [1.807, 2.05) is 4.90 Å². The number of nitrogens with zero attached hydrogens (tertiary/aromatic N) is 2. The Hall–Kier alpha value is -0.610. The van der Waals surface area contributed by atoms with Crippen molar-refractivity contribution in [2.24, 2.45) is 0 Å². The molecule has 1 aliphatic heterocycles. The molecule has 2 rings (SSSR count). The minimum absolute atomic E-state index is 0.0549. The van der Waals surface area contributed by atoms with Gasteiger partial charge in [0.2, 0.25) is 5.91 Å². The largest absolute Gasteiger partial charge is 0.327 e. The van der Waals surface area contributed by atoms with E-state index in [-0.39, 0.29) is 17.5 Å². The van der Waals surface area contributed by atoms with Gasteiger partial charge in [0.1, 0.15) is 0 Å². The van der Waals surface area contributed by atoms with Gasteiger partial charge in [-0.1, -0.05) is 6.92 Å². The van der Waals surface area contributed by atoms with E-state index < -0.39 is 0 Å². The lowest BCUT2D eigenvalue weighted by Gasteiger charge is -2.49. The summed E-state index contributed by atoms with van der Waals surface area (Å²) in [4.78, 5) is 16.3. The van der Waals surface area contributed by atoms with Gasteiger partial charge in [-0.05, 0) is 39.8 Å². The molecule has 16 heavy (non-hydrogen) atoms. The minimum atomic E-state index is 0.0549. The molecule has 0 aromatic heterocycles. The molecule has 1 amide bonds. The van der Waals surface area contributed by atoms with E-state index in [9.17, 15) is 4.79 Å². The number of rotatable bonds is 4. The first-order valence-electron chi connectivity index (χ1n) is 6.29. The quantitative estimate of drug-likeness (QED) is 0.762. The van der Waals surface area contributed by atoms with Crippen LogP contribution in [0.2, 0.25) is 0 Å². The highest BCUT2D eigenvalue weighted by Crippen LogP contribution is 2.37. The fourth-order valence-corrected chi connectivity index (χ4v) is 2.75. The molecule has 2 fully saturated rings. The van der Waals surface area contributed by atoms with Crippen LogP contribution in [-0.2, 0) is 4.79 Å². The van der Waals surface area contributed by atoms with Crippen LogP contribution in [0.5, 0.6) is 0 Å².